The maximum absolute atomic E-state index is 13.7. The van der Waals surface area contributed by atoms with Gasteiger partial charge in [0, 0.05) is 55.6 Å². The van der Waals surface area contributed by atoms with E-state index in [4.69, 9.17) is 4.74 Å². The quantitative estimate of drug-likeness (QED) is 0.593. The molecule has 1 saturated heterocycles. The Hall–Kier alpha value is -2.55. The number of hydrogen-bond acceptors (Lipinski definition) is 6. The Kier molecular flexibility index (Phi) is 7.57. The fraction of sp³-hybridized carbons (Fsp3) is 0.458. The first-order valence-corrected chi connectivity index (χ1v) is 11.4. The number of ether oxygens (including phenoxy) is 1. The second kappa shape index (κ2) is 10.6. The highest BCUT2D eigenvalue weighted by Gasteiger charge is 2.20. The molecule has 1 N–H and O–H groups in total. The molecule has 0 aromatic carbocycles. The average Bonchev–Trinajstić information content (AvgIpc) is 2.82. The van der Waals surface area contributed by atoms with Gasteiger partial charge in [-0.2, -0.15) is 0 Å². The van der Waals surface area contributed by atoms with Crippen LogP contribution in [0.15, 0.2) is 41.5 Å². The van der Waals surface area contributed by atoms with Gasteiger partial charge in [0.2, 0.25) is 0 Å². The zero-order chi connectivity index (χ0) is 21.9. The highest BCUT2D eigenvalue weighted by molar-refractivity contribution is 5.85. The Morgan fingerprint density at radius 2 is 1.97 bits per heavy atom. The van der Waals surface area contributed by atoms with E-state index in [1.54, 1.807) is 10.6 Å². The number of hydrogen-bond donors (Lipinski definition) is 1. The summed E-state index contributed by atoms with van der Waals surface area (Å²) in [6.45, 7) is 4.74. The molecule has 0 saturated carbocycles. The van der Waals surface area contributed by atoms with Gasteiger partial charge >= 0.3 is 0 Å². The standard InChI is InChI=1S/C24H28FN5O2.ClH/c25-18-12-22-21(28-15-18)3-4-24(31)30(22)10-9-29-7-5-19(6-8-29)27-16-20-13-23-17(14-26-20)2-1-11-32-23;/h3-4,12-15,19,27H,1-2,5-11,16H2;1H. The second-order valence-corrected chi connectivity index (χ2v) is 8.61. The van der Waals surface area contributed by atoms with Gasteiger partial charge in [-0.05, 0) is 44.8 Å². The molecule has 176 valence electrons. The van der Waals surface area contributed by atoms with Gasteiger partial charge in [0.25, 0.3) is 5.56 Å². The van der Waals surface area contributed by atoms with Crippen LogP contribution in [-0.4, -0.2) is 51.7 Å². The predicted octanol–water partition coefficient (Wildman–Crippen LogP) is 2.93. The van der Waals surface area contributed by atoms with Gasteiger partial charge in [-0.3, -0.25) is 14.8 Å². The Morgan fingerprint density at radius 1 is 1.12 bits per heavy atom. The number of aryl methyl sites for hydroxylation is 1. The van der Waals surface area contributed by atoms with Crippen LogP contribution >= 0.6 is 12.4 Å². The summed E-state index contributed by atoms with van der Waals surface area (Å²) in [6.07, 6.45) is 7.33. The number of halogens is 2. The Labute approximate surface area is 198 Å². The molecule has 2 aliphatic heterocycles. The van der Waals surface area contributed by atoms with Crippen molar-refractivity contribution < 1.29 is 9.13 Å². The van der Waals surface area contributed by atoms with E-state index >= 15 is 0 Å². The van der Waals surface area contributed by atoms with Gasteiger partial charge in [-0.25, -0.2) is 4.39 Å². The molecule has 33 heavy (non-hydrogen) atoms. The summed E-state index contributed by atoms with van der Waals surface area (Å²) in [6, 6.07) is 7.05. The Bertz CT molecular complexity index is 1160. The van der Waals surface area contributed by atoms with Crippen molar-refractivity contribution in [1.82, 2.24) is 24.8 Å². The first kappa shape index (κ1) is 23.6. The molecule has 5 rings (SSSR count). The van der Waals surface area contributed by atoms with Crippen LogP contribution in [0, 0.1) is 5.82 Å². The monoisotopic (exact) mass is 473 g/mol. The van der Waals surface area contributed by atoms with Gasteiger partial charge in [-0.1, -0.05) is 0 Å². The summed E-state index contributed by atoms with van der Waals surface area (Å²) < 4.78 is 21.0. The lowest BCUT2D eigenvalue weighted by Gasteiger charge is -2.32. The summed E-state index contributed by atoms with van der Waals surface area (Å²) >= 11 is 0. The topological polar surface area (TPSA) is 72.3 Å². The van der Waals surface area contributed by atoms with Gasteiger partial charge in [-0.15, -0.1) is 12.4 Å². The minimum absolute atomic E-state index is 0. The lowest BCUT2D eigenvalue weighted by molar-refractivity contribution is 0.191. The predicted molar refractivity (Wildman–Crippen MR) is 128 cm³/mol. The zero-order valence-corrected chi connectivity index (χ0v) is 19.3. The summed E-state index contributed by atoms with van der Waals surface area (Å²) in [5.41, 5.74) is 3.29. The molecule has 3 aromatic heterocycles. The second-order valence-electron chi connectivity index (χ2n) is 8.61. The molecular weight excluding hydrogens is 445 g/mol. The van der Waals surface area contributed by atoms with Crippen molar-refractivity contribution in [3.63, 3.8) is 0 Å². The smallest absolute Gasteiger partial charge is 0.251 e. The molecule has 0 unspecified atom stereocenters. The molecular formula is C24H29ClFN5O2. The van der Waals surface area contributed by atoms with Crippen molar-refractivity contribution in [2.75, 3.05) is 26.2 Å². The van der Waals surface area contributed by atoms with Crippen LogP contribution < -0.4 is 15.6 Å². The number of nitrogens with one attached hydrogen (secondary N) is 1. The first-order chi connectivity index (χ1) is 15.7. The van der Waals surface area contributed by atoms with Gasteiger partial charge in [0.15, 0.2) is 0 Å². The molecule has 2 aliphatic rings. The normalized spacial score (nSPS) is 16.8. The van der Waals surface area contributed by atoms with Crippen molar-refractivity contribution in [2.45, 2.75) is 44.8 Å². The van der Waals surface area contributed by atoms with Crippen LogP contribution in [0.25, 0.3) is 11.0 Å². The van der Waals surface area contributed by atoms with Gasteiger partial charge in [0.1, 0.15) is 11.6 Å². The summed E-state index contributed by atoms with van der Waals surface area (Å²) in [4.78, 5) is 23.4. The number of likely N-dealkylation sites (tertiary alicyclic amines) is 1. The lowest BCUT2D eigenvalue weighted by atomic mass is 10.0. The third kappa shape index (κ3) is 5.51. The van der Waals surface area contributed by atoms with Crippen LogP contribution in [-0.2, 0) is 19.5 Å². The minimum Gasteiger partial charge on any atom is -0.493 e. The van der Waals surface area contributed by atoms with E-state index in [1.807, 2.05) is 6.20 Å². The number of rotatable bonds is 6. The third-order valence-electron chi connectivity index (χ3n) is 6.45. The molecule has 0 atom stereocenters. The van der Waals surface area contributed by atoms with Crippen molar-refractivity contribution in [3.8, 4) is 5.75 Å². The number of piperidine rings is 1. The molecule has 0 radical (unpaired) electrons. The molecule has 0 amide bonds. The van der Waals surface area contributed by atoms with Crippen LogP contribution in [0.3, 0.4) is 0 Å². The summed E-state index contributed by atoms with van der Waals surface area (Å²) in [5.74, 6) is 0.556. The number of nitrogens with zero attached hydrogens (tertiary/aromatic N) is 4. The van der Waals surface area contributed by atoms with E-state index in [-0.39, 0.29) is 18.0 Å². The van der Waals surface area contributed by atoms with E-state index in [1.165, 1.54) is 23.9 Å². The Morgan fingerprint density at radius 3 is 2.82 bits per heavy atom. The van der Waals surface area contributed by atoms with E-state index in [2.05, 4.69) is 26.3 Å². The largest absolute Gasteiger partial charge is 0.493 e. The molecule has 5 heterocycles. The van der Waals surface area contributed by atoms with Crippen LogP contribution in [0.2, 0.25) is 0 Å². The summed E-state index contributed by atoms with van der Waals surface area (Å²) in [5, 5.41) is 3.63. The first-order valence-electron chi connectivity index (χ1n) is 11.4. The third-order valence-corrected chi connectivity index (χ3v) is 6.45. The fourth-order valence-electron chi connectivity index (χ4n) is 4.59. The van der Waals surface area contributed by atoms with Crippen molar-refractivity contribution in [3.05, 3.63) is 64.1 Å². The zero-order valence-electron chi connectivity index (χ0n) is 18.5. The van der Waals surface area contributed by atoms with E-state index in [9.17, 15) is 9.18 Å². The van der Waals surface area contributed by atoms with Crippen LogP contribution in [0.4, 0.5) is 4.39 Å². The molecule has 0 bridgehead atoms. The number of aromatic nitrogens is 3. The van der Waals surface area contributed by atoms with Crippen LogP contribution in [0.5, 0.6) is 5.75 Å². The molecule has 0 spiro atoms. The van der Waals surface area contributed by atoms with Crippen molar-refractivity contribution >= 4 is 23.4 Å². The van der Waals surface area contributed by atoms with Crippen LogP contribution in [0.1, 0.15) is 30.5 Å². The fourth-order valence-corrected chi connectivity index (χ4v) is 4.59. The van der Waals surface area contributed by atoms with E-state index < -0.39 is 5.82 Å². The highest BCUT2D eigenvalue weighted by atomic mass is 35.5. The molecule has 3 aromatic rings. The van der Waals surface area contributed by atoms with Crippen molar-refractivity contribution in [2.24, 2.45) is 0 Å². The maximum Gasteiger partial charge on any atom is 0.251 e. The average molecular weight is 474 g/mol. The minimum atomic E-state index is -0.427. The summed E-state index contributed by atoms with van der Waals surface area (Å²) in [7, 11) is 0. The van der Waals surface area contributed by atoms with E-state index in [0.29, 0.717) is 23.6 Å². The molecule has 1 fully saturated rings. The molecule has 9 heteroatoms. The SMILES string of the molecule is Cl.O=c1ccc2ncc(F)cc2n1CCN1CCC(NCc2cc3c(cn2)CCCO3)CC1. The molecule has 0 aliphatic carbocycles. The van der Waals surface area contributed by atoms with Crippen molar-refractivity contribution in [1.29, 1.82) is 0 Å². The number of pyridine rings is 3. The van der Waals surface area contributed by atoms with E-state index in [0.717, 1.165) is 69.9 Å². The Balaban J connectivity index is 0.00000259. The maximum atomic E-state index is 13.7. The van der Waals surface area contributed by atoms with Gasteiger partial charge < -0.3 is 19.5 Å². The lowest BCUT2D eigenvalue weighted by Crippen LogP contribution is -2.43. The molecule has 7 nitrogen and oxygen atoms in total. The highest BCUT2D eigenvalue weighted by Crippen LogP contribution is 2.24. The van der Waals surface area contributed by atoms with Gasteiger partial charge in [0.05, 0.1) is 29.5 Å². The number of fused-ring (bicyclic) bond motifs is 2.